The topological polar surface area (TPSA) is 53.3 Å². The minimum Gasteiger partial charge on any atom is -0.444 e. The van der Waals surface area contributed by atoms with Crippen molar-refractivity contribution in [2.45, 2.75) is 70.8 Å². The van der Waals surface area contributed by atoms with Crippen molar-refractivity contribution in [3.63, 3.8) is 0 Å². The molecular weight excluding hydrogens is 312 g/mol. The standard InChI is InChI=1S/C21H30N2O2/c1-16(2)17-6-8-18(9-7-17)21(10-13-22)11-14-23(15-12-21)19(24)25-20(3,4)5/h6-9,16H,10-12,14-15H2,1-5H3. The van der Waals surface area contributed by atoms with Crippen LogP contribution in [0.3, 0.4) is 0 Å². The highest BCUT2D eigenvalue weighted by Gasteiger charge is 2.38. The normalized spacial score (nSPS) is 17.2. The highest BCUT2D eigenvalue weighted by molar-refractivity contribution is 5.68. The van der Waals surface area contributed by atoms with Crippen LogP contribution in [0.2, 0.25) is 0 Å². The Morgan fingerprint density at radius 3 is 2.24 bits per heavy atom. The number of ether oxygens (including phenoxy) is 1. The highest BCUT2D eigenvalue weighted by atomic mass is 16.6. The van der Waals surface area contributed by atoms with Gasteiger partial charge in [-0.2, -0.15) is 5.26 Å². The number of nitriles is 1. The van der Waals surface area contributed by atoms with Gasteiger partial charge in [-0.15, -0.1) is 0 Å². The van der Waals surface area contributed by atoms with Crippen LogP contribution in [0.1, 0.15) is 70.9 Å². The second-order valence-electron chi connectivity index (χ2n) is 8.36. The van der Waals surface area contributed by atoms with Crippen molar-refractivity contribution in [3.8, 4) is 6.07 Å². The molecule has 0 unspecified atom stereocenters. The Labute approximate surface area is 151 Å². The Morgan fingerprint density at radius 2 is 1.80 bits per heavy atom. The maximum Gasteiger partial charge on any atom is 0.410 e. The van der Waals surface area contributed by atoms with E-state index in [1.165, 1.54) is 11.1 Å². The molecule has 25 heavy (non-hydrogen) atoms. The summed E-state index contributed by atoms with van der Waals surface area (Å²) >= 11 is 0. The lowest BCUT2D eigenvalue weighted by Gasteiger charge is -2.41. The van der Waals surface area contributed by atoms with Crippen molar-refractivity contribution in [1.82, 2.24) is 4.90 Å². The predicted octanol–water partition coefficient (Wildman–Crippen LogP) is 4.99. The molecule has 1 amide bonds. The summed E-state index contributed by atoms with van der Waals surface area (Å²) < 4.78 is 5.48. The van der Waals surface area contributed by atoms with Crippen LogP contribution in [0.25, 0.3) is 0 Å². The summed E-state index contributed by atoms with van der Waals surface area (Å²) in [6.07, 6.45) is 1.81. The molecule has 1 aromatic rings. The number of rotatable bonds is 3. The van der Waals surface area contributed by atoms with Gasteiger partial charge >= 0.3 is 6.09 Å². The number of amides is 1. The molecule has 0 radical (unpaired) electrons. The summed E-state index contributed by atoms with van der Waals surface area (Å²) in [5.74, 6) is 0.495. The van der Waals surface area contributed by atoms with Gasteiger partial charge < -0.3 is 9.64 Å². The fourth-order valence-electron chi connectivity index (χ4n) is 3.38. The number of hydrogen-bond acceptors (Lipinski definition) is 3. The molecule has 0 N–H and O–H groups in total. The van der Waals surface area contributed by atoms with E-state index in [2.05, 4.69) is 44.2 Å². The molecule has 0 aromatic heterocycles. The van der Waals surface area contributed by atoms with Crippen molar-refractivity contribution in [2.75, 3.05) is 13.1 Å². The summed E-state index contributed by atoms with van der Waals surface area (Å²) in [4.78, 5) is 14.0. The first-order valence-corrected chi connectivity index (χ1v) is 9.12. The summed E-state index contributed by atoms with van der Waals surface area (Å²) in [6, 6.07) is 11.0. The molecule has 1 aliphatic heterocycles. The van der Waals surface area contributed by atoms with E-state index >= 15 is 0 Å². The van der Waals surface area contributed by atoms with Gasteiger partial charge in [-0.25, -0.2) is 4.79 Å². The zero-order valence-electron chi connectivity index (χ0n) is 16.1. The minimum atomic E-state index is -0.481. The highest BCUT2D eigenvalue weighted by Crippen LogP contribution is 2.39. The quantitative estimate of drug-likeness (QED) is 0.777. The SMILES string of the molecule is CC(C)c1ccc(C2(CC#N)CCN(C(=O)OC(C)(C)C)CC2)cc1. The molecule has 1 saturated heterocycles. The molecule has 0 bridgehead atoms. The first-order chi connectivity index (χ1) is 11.7. The van der Waals surface area contributed by atoms with Crippen molar-refractivity contribution >= 4 is 6.09 Å². The van der Waals surface area contributed by atoms with Crippen LogP contribution in [0, 0.1) is 11.3 Å². The molecule has 4 heteroatoms. The number of carbonyl (C=O) groups is 1. The van der Waals surface area contributed by atoms with E-state index in [1.54, 1.807) is 4.90 Å². The molecule has 0 atom stereocenters. The molecule has 136 valence electrons. The molecule has 1 fully saturated rings. The fourth-order valence-corrected chi connectivity index (χ4v) is 3.38. The summed E-state index contributed by atoms with van der Waals surface area (Å²) in [6.45, 7) is 11.3. The molecule has 1 heterocycles. The molecule has 0 spiro atoms. The lowest BCUT2D eigenvalue weighted by molar-refractivity contribution is 0.0165. The molecule has 2 rings (SSSR count). The number of hydrogen-bond donors (Lipinski definition) is 0. The van der Waals surface area contributed by atoms with E-state index in [0.717, 1.165) is 12.8 Å². The van der Waals surface area contributed by atoms with E-state index < -0.39 is 5.60 Å². The van der Waals surface area contributed by atoms with Crippen molar-refractivity contribution in [3.05, 3.63) is 35.4 Å². The van der Waals surface area contributed by atoms with Crippen molar-refractivity contribution < 1.29 is 9.53 Å². The fraction of sp³-hybridized carbons (Fsp3) is 0.619. The summed E-state index contributed by atoms with van der Waals surface area (Å²) in [5.41, 5.74) is 1.87. The number of nitrogens with zero attached hydrogens (tertiary/aromatic N) is 2. The van der Waals surface area contributed by atoms with Crippen molar-refractivity contribution in [2.24, 2.45) is 0 Å². The van der Waals surface area contributed by atoms with Gasteiger partial charge in [0.05, 0.1) is 6.07 Å². The van der Waals surface area contributed by atoms with Gasteiger partial charge in [0.2, 0.25) is 0 Å². The Bertz CT molecular complexity index is 627. The van der Waals surface area contributed by atoms with Crippen LogP contribution in [0.4, 0.5) is 4.79 Å². The van der Waals surface area contributed by atoms with E-state index in [-0.39, 0.29) is 11.5 Å². The van der Waals surface area contributed by atoms with E-state index in [4.69, 9.17) is 4.74 Å². The third kappa shape index (κ3) is 4.75. The molecule has 0 saturated carbocycles. The van der Waals surface area contributed by atoms with Gasteiger partial charge in [-0.05, 0) is 50.7 Å². The lowest BCUT2D eigenvalue weighted by Crippen LogP contribution is -2.46. The average Bonchev–Trinajstić information content (AvgIpc) is 2.54. The molecule has 0 aliphatic carbocycles. The van der Waals surface area contributed by atoms with Gasteiger partial charge in [0.15, 0.2) is 0 Å². The van der Waals surface area contributed by atoms with Crippen LogP contribution >= 0.6 is 0 Å². The largest absolute Gasteiger partial charge is 0.444 e. The first-order valence-electron chi connectivity index (χ1n) is 9.12. The van der Waals surface area contributed by atoms with Crippen LogP contribution in [0.5, 0.6) is 0 Å². The summed E-state index contributed by atoms with van der Waals surface area (Å²) in [7, 11) is 0. The zero-order chi connectivity index (χ0) is 18.7. The van der Waals surface area contributed by atoms with Gasteiger partial charge in [0.1, 0.15) is 5.60 Å². The predicted molar refractivity (Wildman–Crippen MR) is 99.5 cm³/mol. The smallest absolute Gasteiger partial charge is 0.410 e. The molecule has 1 aromatic carbocycles. The maximum absolute atomic E-state index is 12.3. The van der Waals surface area contributed by atoms with Crippen molar-refractivity contribution in [1.29, 1.82) is 5.26 Å². The van der Waals surface area contributed by atoms with E-state index in [1.807, 2.05) is 20.8 Å². The lowest BCUT2D eigenvalue weighted by atomic mass is 9.70. The number of benzene rings is 1. The Hall–Kier alpha value is -2.02. The van der Waals surface area contributed by atoms with Crippen LogP contribution in [-0.2, 0) is 10.2 Å². The second-order valence-corrected chi connectivity index (χ2v) is 8.36. The zero-order valence-corrected chi connectivity index (χ0v) is 16.1. The van der Waals surface area contributed by atoms with Crippen LogP contribution in [-0.4, -0.2) is 29.7 Å². The molecular formula is C21H30N2O2. The molecule has 1 aliphatic rings. The Balaban J connectivity index is 2.13. The first kappa shape index (κ1) is 19.3. The van der Waals surface area contributed by atoms with Gasteiger partial charge in [-0.3, -0.25) is 0 Å². The minimum absolute atomic E-state index is 0.164. The monoisotopic (exact) mass is 342 g/mol. The Kier molecular flexibility index (Phi) is 5.77. The number of likely N-dealkylation sites (tertiary alicyclic amines) is 1. The van der Waals surface area contributed by atoms with Crippen LogP contribution < -0.4 is 0 Å². The molecule has 4 nitrogen and oxygen atoms in total. The van der Waals surface area contributed by atoms with Gasteiger partial charge in [-0.1, -0.05) is 38.1 Å². The third-order valence-electron chi connectivity index (χ3n) is 4.98. The average molecular weight is 342 g/mol. The number of piperidine rings is 1. The third-order valence-corrected chi connectivity index (χ3v) is 4.98. The summed E-state index contributed by atoms with van der Waals surface area (Å²) in [5, 5.41) is 9.36. The second kappa shape index (κ2) is 7.47. The maximum atomic E-state index is 12.3. The van der Waals surface area contributed by atoms with Gasteiger partial charge in [0, 0.05) is 24.9 Å². The van der Waals surface area contributed by atoms with E-state index in [9.17, 15) is 10.1 Å². The van der Waals surface area contributed by atoms with E-state index in [0.29, 0.717) is 25.4 Å². The van der Waals surface area contributed by atoms with Gasteiger partial charge in [0.25, 0.3) is 0 Å². The van der Waals surface area contributed by atoms with Crippen LogP contribution in [0.15, 0.2) is 24.3 Å². The Morgan fingerprint density at radius 1 is 1.24 bits per heavy atom. The number of carbonyl (C=O) groups excluding carboxylic acids is 1.